The third-order valence-corrected chi connectivity index (χ3v) is 7.22. The molecule has 0 aliphatic carbocycles. The minimum atomic E-state index is -1.11. The van der Waals surface area contributed by atoms with Crippen LogP contribution in [0.5, 0.6) is 5.75 Å². The summed E-state index contributed by atoms with van der Waals surface area (Å²) in [5.74, 6) is -0.506. The molecular formula is C28H35N5O3. The van der Waals surface area contributed by atoms with Crippen LogP contribution < -0.4 is 15.8 Å². The van der Waals surface area contributed by atoms with Crippen LogP contribution in [-0.2, 0) is 17.9 Å². The van der Waals surface area contributed by atoms with Gasteiger partial charge in [-0.3, -0.25) is 19.7 Å². The first-order valence-electron chi connectivity index (χ1n) is 12.2. The number of carboxylic acid groups (broad SMARTS) is 1. The van der Waals surface area contributed by atoms with Crippen LogP contribution in [-0.4, -0.2) is 46.1 Å². The number of fused-ring (bicyclic) bond motifs is 1. The summed E-state index contributed by atoms with van der Waals surface area (Å²) in [6.07, 6.45) is 3.59. The van der Waals surface area contributed by atoms with Gasteiger partial charge in [0.05, 0.1) is 22.5 Å². The molecule has 0 saturated heterocycles. The number of aryl methyl sites for hydroxylation is 1. The lowest BCUT2D eigenvalue weighted by molar-refractivity contribution is -0.147. The highest BCUT2D eigenvalue weighted by Gasteiger charge is 2.41. The summed E-state index contributed by atoms with van der Waals surface area (Å²) in [5.41, 5.74) is 12.2. The van der Waals surface area contributed by atoms with Gasteiger partial charge in [0, 0.05) is 56.3 Å². The van der Waals surface area contributed by atoms with E-state index >= 15 is 0 Å². The van der Waals surface area contributed by atoms with E-state index < -0.39 is 17.3 Å². The number of hydrogen-bond acceptors (Lipinski definition) is 7. The minimum Gasteiger partial charge on any atom is -0.492 e. The zero-order valence-corrected chi connectivity index (χ0v) is 21.6. The van der Waals surface area contributed by atoms with Crippen molar-refractivity contribution in [1.82, 2.24) is 14.9 Å². The van der Waals surface area contributed by atoms with Gasteiger partial charge in [-0.25, -0.2) is 0 Å². The molecule has 1 atom stereocenters. The summed E-state index contributed by atoms with van der Waals surface area (Å²) in [7, 11) is 1.82. The van der Waals surface area contributed by atoms with Crippen molar-refractivity contribution in [2.24, 2.45) is 5.41 Å². The molecule has 0 bridgehead atoms. The number of aromatic nitrogens is 2. The number of pyridine rings is 2. The Kier molecular flexibility index (Phi) is 7.17. The zero-order chi connectivity index (χ0) is 26.0. The number of rotatable bonds is 7. The van der Waals surface area contributed by atoms with Crippen molar-refractivity contribution in [2.45, 2.75) is 46.7 Å². The smallest absolute Gasteiger partial charge is 0.310 e. The lowest BCUT2D eigenvalue weighted by Gasteiger charge is -2.33. The number of carbonyl (C=O) groups is 1. The molecule has 8 heteroatoms. The average Bonchev–Trinajstić information content (AvgIpc) is 3.05. The molecule has 0 amide bonds. The van der Waals surface area contributed by atoms with Crippen molar-refractivity contribution >= 4 is 17.3 Å². The van der Waals surface area contributed by atoms with Gasteiger partial charge in [0.2, 0.25) is 0 Å². The fraction of sp³-hybridized carbons (Fsp3) is 0.393. The van der Waals surface area contributed by atoms with E-state index in [4.69, 9.17) is 15.5 Å². The number of benzene rings is 1. The molecular weight excluding hydrogens is 454 g/mol. The highest BCUT2D eigenvalue weighted by atomic mass is 16.5. The average molecular weight is 490 g/mol. The van der Waals surface area contributed by atoms with Crippen molar-refractivity contribution in [3.8, 4) is 5.75 Å². The first kappa shape index (κ1) is 25.4. The van der Waals surface area contributed by atoms with E-state index in [9.17, 15) is 9.90 Å². The molecule has 1 aromatic carbocycles. The molecule has 36 heavy (non-hydrogen) atoms. The molecule has 4 N–H and O–H groups in total. The number of anilines is 2. The Bertz CT molecular complexity index is 1270. The SMILES string of the molecule is CNc1ccc(C(c2ccc(C)c(CN3CCOc4ccncc4C3)n2)C(C)(C)C(=O)O)c(C)c1N. The number of nitrogens with one attached hydrogen (secondary N) is 1. The van der Waals surface area contributed by atoms with Crippen LogP contribution >= 0.6 is 0 Å². The second-order valence-corrected chi connectivity index (χ2v) is 9.99. The van der Waals surface area contributed by atoms with Crippen LogP contribution in [0.3, 0.4) is 0 Å². The summed E-state index contributed by atoms with van der Waals surface area (Å²) in [6, 6.07) is 9.74. The topological polar surface area (TPSA) is 114 Å². The maximum absolute atomic E-state index is 12.5. The highest BCUT2D eigenvalue weighted by Crippen LogP contribution is 2.44. The Morgan fingerprint density at radius 3 is 2.75 bits per heavy atom. The molecule has 2 aromatic heterocycles. The Labute approximate surface area is 212 Å². The van der Waals surface area contributed by atoms with E-state index in [2.05, 4.69) is 15.2 Å². The molecule has 0 spiro atoms. The Morgan fingerprint density at radius 1 is 1.25 bits per heavy atom. The van der Waals surface area contributed by atoms with E-state index in [0.717, 1.165) is 51.6 Å². The van der Waals surface area contributed by atoms with E-state index in [-0.39, 0.29) is 0 Å². The largest absolute Gasteiger partial charge is 0.492 e. The third-order valence-electron chi connectivity index (χ3n) is 7.22. The van der Waals surface area contributed by atoms with Gasteiger partial charge in [-0.05, 0) is 62.6 Å². The molecule has 8 nitrogen and oxygen atoms in total. The highest BCUT2D eigenvalue weighted by molar-refractivity contribution is 5.78. The predicted octanol–water partition coefficient (Wildman–Crippen LogP) is 4.35. The first-order chi connectivity index (χ1) is 17.1. The summed E-state index contributed by atoms with van der Waals surface area (Å²) in [6.45, 7) is 10.1. The molecule has 1 aliphatic heterocycles. The van der Waals surface area contributed by atoms with E-state index in [1.54, 1.807) is 20.0 Å². The number of nitrogens with two attached hydrogens (primary N) is 1. The van der Waals surface area contributed by atoms with Gasteiger partial charge in [0.15, 0.2) is 0 Å². The molecule has 190 valence electrons. The molecule has 0 radical (unpaired) electrons. The zero-order valence-electron chi connectivity index (χ0n) is 21.6. The van der Waals surface area contributed by atoms with Gasteiger partial charge in [-0.1, -0.05) is 12.1 Å². The molecule has 4 rings (SSSR count). The molecule has 1 unspecified atom stereocenters. The van der Waals surface area contributed by atoms with Gasteiger partial charge >= 0.3 is 5.97 Å². The van der Waals surface area contributed by atoms with Gasteiger partial charge in [0.25, 0.3) is 0 Å². The number of carboxylic acids is 1. The lowest BCUT2D eigenvalue weighted by Crippen LogP contribution is -2.33. The maximum atomic E-state index is 12.5. The fourth-order valence-electron chi connectivity index (χ4n) is 4.85. The third kappa shape index (κ3) is 4.86. The number of hydrogen-bond donors (Lipinski definition) is 3. The fourth-order valence-corrected chi connectivity index (χ4v) is 4.85. The van der Waals surface area contributed by atoms with Crippen LogP contribution in [0, 0.1) is 19.3 Å². The number of aliphatic carboxylic acids is 1. The summed E-state index contributed by atoms with van der Waals surface area (Å²) in [4.78, 5) is 24.1. The summed E-state index contributed by atoms with van der Waals surface area (Å²) in [5, 5.41) is 13.3. The molecule has 1 aliphatic rings. The van der Waals surface area contributed by atoms with Gasteiger partial charge in [0.1, 0.15) is 12.4 Å². The van der Waals surface area contributed by atoms with Gasteiger partial charge in [-0.2, -0.15) is 0 Å². The van der Waals surface area contributed by atoms with Crippen molar-refractivity contribution < 1.29 is 14.6 Å². The molecule has 0 fully saturated rings. The monoisotopic (exact) mass is 489 g/mol. The second-order valence-electron chi connectivity index (χ2n) is 9.99. The predicted molar refractivity (Wildman–Crippen MR) is 141 cm³/mol. The maximum Gasteiger partial charge on any atom is 0.310 e. The molecule has 0 saturated carbocycles. The van der Waals surface area contributed by atoms with Gasteiger partial charge < -0.3 is 20.9 Å². The number of nitrogens with zero attached hydrogens (tertiary/aromatic N) is 3. The molecule has 3 heterocycles. The lowest BCUT2D eigenvalue weighted by atomic mass is 9.71. The Morgan fingerprint density at radius 2 is 2.03 bits per heavy atom. The second kappa shape index (κ2) is 10.1. The van der Waals surface area contributed by atoms with Crippen molar-refractivity contribution in [2.75, 3.05) is 31.2 Å². The Hall–Kier alpha value is -3.65. The van der Waals surface area contributed by atoms with Gasteiger partial charge in [-0.15, -0.1) is 0 Å². The minimum absolute atomic E-state index is 0.486. The summed E-state index contributed by atoms with van der Waals surface area (Å²) >= 11 is 0. The van der Waals surface area contributed by atoms with Crippen molar-refractivity contribution in [3.63, 3.8) is 0 Å². The number of nitrogen functional groups attached to an aromatic ring is 1. The van der Waals surface area contributed by atoms with Crippen molar-refractivity contribution in [3.05, 3.63) is 76.4 Å². The quantitative estimate of drug-likeness (QED) is 0.420. The molecule has 3 aromatic rings. The number of ether oxygens (including phenoxy) is 1. The van der Waals surface area contributed by atoms with E-state index in [0.29, 0.717) is 25.4 Å². The van der Waals surface area contributed by atoms with Crippen LogP contribution in [0.15, 0.2) is 42.7 Å². The van der Waals surface area contributed by atoms with Crippen molar-refractivity contribution in [1.29, 1.82) is 0 Å². The van der Waals surface area contributed by atoms with Crippen LogP contribution in [0.25, 0.3) is 0 Å². The summed E-state index contributed by atoms with van der Waals surface area (Å²) < 4.78 is 5.90. The van der Waals surface area contributed by atoms with Crippen LogP contribution in [0.1, 0.15) is 53.4 Å². The van der Waals surface area contributed by atoms with E-state index in [1.807, 2.05) is 57.4 Å². The van der Waals surface area contributed by atoms with Crippen LogP contribution in [0.4, 0.5) is 11.4 Å². The van der Waals surface area contributed by atoms with Crippen LogP contribution in [0.2, 0.25) is 0 Å². The first-order valence-corrected chi connectivity index (χ1v) is 12.2. The standard InChI is InChI=1S/C28H35N5O3/c1-17-6-8-21(32-23(17)16-33-12-13-36-24-10-11-31-14-19(24)15-33)25(28(3,4)27(34)35)20-7-9-22(30-5)26(29)18(20)2/h6-11,14,25,30H,12-13,15-16,29H2,1-5H3,(H,34,35). The van der Waals surface area contributed by atoms with E-state index in [1.165, 1.54) is 0 Å². The normalized spacial score (nSPS) is 14.9. The Balaban J connectivity index is 1.74.